The Morgan fingerprint density at radius 1 is 0.929 bits per heavy atom. The van der Waals surface area contributed by atoms with Gasteiger partial charge in [-0.3, -0.25) is 9.59 Å². The molecule has 1 fully saturated rings. The van der Waals surface area contributed by atoms with Crippen LogP contribution in [0.25, 0.3) is 0 Å². The lowest BCUT2D eigenvalue weighted by molar-refractivity contribution is -0.117. The molecule has 0 unspecified atom stereocenters. The van der Waals surface area contributed by atoms with Crippen molar-refractivity contribution >= 4 is 23.2 Å². The molecule has 1 aliphatic carbocycles. The van der Waals surface area contributed by atoms with E-state index in [2.05, 4.69) is 36.6 Å². The SMILES string of the molecule is C/C(=N\NC(=O)c1ccc(C(C)(C)C)cc1)c1ccc(NC(=O)C2CC2)cc1. The first-order chi connectivity index (χ1) is 13.2. The number of hydrogen-bond donors (Lipinski definition) is 2. The predicted octanol–water partition coefficient (Wildman–Crippen LogP) is 4.49. The van der Waals surface area contributed by atoms with E-state index in [-0.39, 0.29) is 23.1 Å². The van der Waals surface area contributed by atoms with Gasteiger partial charge in [0.25, 0.3) is 5.91 Å². The van der Waals surface area contributed by atoms with Gasteiger partial charge in [0.15, 0.2) is 0 Å². The molecule has 0 spiro atoms. The van der Waals surface area contributed by atoms with E-state index in [1.54, 1.807) is 0 Å². The molecule has 0 aliphatic heterocycles. The van der Waals surface area contributed by atoms with Gasteiger partial charge in [-0.2, -0.15) is 5.10 Å². The van der Waals surface area contributed by atoms with Crippen LogP contribution in [-0.4, -0.2) is 17.5 Å². The number of rotatable bonds is 5. The molecule has 2 aromatic rings. The Balaban J connectivity index is 1.60. The Bertz CT molecular complexity index is 887. The van der Waals surface area contributed by atoms with E-state index in [4.69, 9.17) is 0 Å². The number of amides is 2. The van der Waals surface area contributed by atoms with Crippen molar-refractivity contribution in [1.29, 1.82) is 0 Å². The minimum absolute atomic E-state index is 0.0496. The number of nitrogens with one attached hydrogen (secondary N) is 2. The van der Waals surface area contributed by atoms with Crippen LogP contribution in [0, 0.1) is 5.92 Å². The summed E-state index contributed by atoms with van der Waals surface area (Å²) in [6.07, 6.45) is 1.96. The quantitative estimate of drug-likeness (QED) is 0.595. The second kappa shape index (κ2) is 7.97. The van der Waals surface area contributed by atoms with E-state index < -0.39 is 0 Å². The van der Waals surface area contributed by atoms with Crippen molar-refractivity contribution in [3.05, 3.63) is 65.2 Å². The minimum atomic E-state index is -0.242. The fourth-order valence-electron chi connectivity index (χ4n) is 2.77. The van der Waals surface area contributed by atoms with Crippen molar-refractivity contribution in [1.82, 2.24) is 5.43 Å². The number of nitrogens with zero attached hydrogens (tertiary/aromatic N) is 1. The largest absolute Gasteiger partial charge is 0.326 e. The van der Waals surface area contributed by atoms with E-state index in [0.717, 1.165) is 24.1 Å². The van der Waals surface area contributed by atoms with Crippen LogP contribution in [0.1, 0.15) is 62.0 Å². The summed E-state index contributed by atoms with van der Waals surface area (Å²) in [7, 11) is 0. The topological polar surface area (TPSA) is 70.6 Å². The molecular formula is C23H27N3O2. The first kappa shape index (κ1) is 19.8. The van der Waals surface area contributed by atoms with Gasteiger partial charge >= 0.3 is 0 Å². The fourth-order valence-corrected chi connectivity index (χ4v) is 2.77. The van der Waals surface area contributed by atoms with Gasteiger partial charge in [-0.05, 0) is 60.6 Å². The molecule has 0 aromatic heterocycles. The van der Waals surface area contributed by atoms with Crippen LogP contribution in [-0.2, 0) is 10.2 Å². The molecule has 5 nitrogen and oxygen atoms in total. The van der Waals surface area contributed by atoms with Crippen molar-refractivity contribution in [2.24, 2.45) is 11.0 Å². The molecule has 146 valence electrons. The lowest BCUT2D eigenvalue weighted by Crippen LogP contribution is -2.20. The molecule has 0 radical (unpaired) electrons. The number of hydrazone groups is 1. The highest BCUT2D eigenvalue weighted by molar-refractivity contribution is 6.01. The zero-order valence-corrected chi connectivity index (χ0v) is 16.9. The lowest BCUT2D eigenvalue weighted by atomic mass is 9.87. The van der Waals surface area contributed by atoms with Crippen LogP contribution >= 0.6 is 0 Å². The Kier molecular flexibility index (Phi) is 5.63. The van der Waals surface area contributed by atoms with Crippen LogP contribution in [0.15, 0.2) is 53.6 Å². The van der Waals surface area contributed by atoms with Crippen LogP contribution in [0.4, 0.5) is 5.69 Å². The summed E-state index contributed by atoms with van der Waals surface area (Å²) in [6.45, 7) is 8.25. The number of carbonyl (C=O) groups excluding carboxylic acids is 2. The molecule has 0 bridgehead atoms. The highest BCUT2D eigenvalue weighted by atomic mass is 16.2. The molecule has 1 saturated carbocycles. The maximum atomic E-state index is 12.3. The van der Waals surface area contributed by atoms with Gasteiger partial charge in [-0.25, -0.2) is 5.43 Å². The van der Waals surface area contributed by atoms with Crippen molar-refractivity contribution in [2.75, 3.05) is 5.32 Å². The van der Waals surface area contributed by atoms with Crippen LogP contribution in [0.5, 0.6) is 0 Å². The van der Waals surface area contributed by atoms with Gasteiger partial charge in [-0.15, -0.1) is 0 Å². The van der Waals surface area contributed by atoms with Crippen molar-refractivity contribution < 1.29 is 9.59 Å². The summed E-state index contributed by atoms with van der Waals surface area (Å²) in [5.41, 5.74) is 6.76. The molecule has 28 heavy (non-hydrogen) atoms. The maximum Gasteiger partial charge on any atom is 0.271 e. The summed E-state index contributed by atoms with van der Waals surface area (Å²) in [4.78, 5) is 24.1. The van der Waals surface area contributed by atoms with Crippen molar-refractivity contribution in [3.8, 4) is 0 Å². The van der Waals surface area contributed by atoms with Gasteiger partial charge in [-0.1, -0.05) is 45.0 Å². The zero-order chi connectivity index (χ0) is 20.3. The van der Waals surface area contributed by atoms with Gasteiger partial charge in [0, 0.05) is 17.2 Å². The molecule has 0 heterocycles. The van der Waals surface area contributed by atoms with Gasteiger partial charge in [0.05, 0.1) is 5.71 Å². The van der Waals surface area contributed by atoms with Crippen molar-refractivity contribution in [2.45, 2.75) is 46.0 Å². The highest BCUT2D eigenvalue weighted by Crippen LogP contribution is 2.30. The van der Waals surface area contributed by atoms with E-state index >= 15 is 0 Å². The number of anilines is 1. The highest BCUT2D eigenvalue weighted by Gasteiger charge is 2.29. The summed E-state index contributed by atoms with van der Waals surface area (Å²) in [5, 5.41) is 7.11. The minimum Gasteiger partial charge on any atom is -0.326 e. The van der Waals surface area contributed by atoms with Gasteiger partial charge in [0.1, 0.15) is 0 Å². The Morgan fingerprint density at radius 2 is 1.50 bits per heavy atom. The molecule has 3 rings (SSSR count). The molecule has 0 atom stereocenters. The average Bonchev–Trinajstić information content (AvgIpc) is 3.51. The Morgan fingerprint density at radius 3 is 2.04 bits per heavy atom. The monoisotopic (exact) mass is 377 g/mol. The standard InChI is InChI=1S/C23H27N3O2/c1-15(16-9-13-20(14-10-16)24-21(27)17-5-6-17)25-26-22(28)18-7-11-19(12-8-18)23(2,3)4/h7-14,17H,5-6H2,1-4H3,(H,24,27)(H,26,28)/b25-15+. The Labute approximate surface area is 166 Å². The maximum absolute atomic E-state index is 12.3. The predicted molar refractivity (Wildman–Crippen MR) is 113 cm³/mol. The third-order valence-corrected chi connectivity index (χ3v) is 4.86. The van der Waals surface area contributed by atoms with Crippen LogP contribution in [0.3, 0.4) is 0 Å². The molecule has 5 heteroatoms. The Hall–Kier alpha value is -2.95. The molecule has 2 amide bonds. The second-order valence-electron chi connectivity index (χ2n) is 8.31. The molecule has 2 aromatic carbocycles. The fraction of sp³-hybridized carbons (Fsp3) is 0.348. The third kappa shape index (κ3) is 5.06. The number of benzene rings is 2. The number of hydrogen-bond acceptors (Lipinski definition) is 3. The van der Waals surface area contributed by atoms with Gasteiger partial charge < -0.3 is 5.32 Å². The summed E-state index contributed by atoms with van der Waals surface area (Å²) < 4.78 is 0. The lowest BCUT2D eigenvalue weighted by Gasteiger charge is -2.18. The van der Waals surface area contributed by atoms with E-state index in [0.29, 0.717) is 11.3 Å². The molecule has 1 aliphatic rings. The van der Waals surface area contributed by atoms with Crippen molar-refractivity contribution in [3.63, 3.8) is 0 Å². The summed E-state index contributed by atoms with van der Waals surface area (Å²) in [6, 6.07) is 15.0. The number of carbonyl (C=O) groups is 2. The first-order valence-corrected chi connectivity index (χ1v) is 9.60. The molecule has 0 saturated heterocycles. The molecule has 2 N–H and O–H groups in total. The van der Waals surface area contributed by atoms with E-state index in [1.165, 1.54) is 5.56 Å². The first-order valence-electron chi connectivity index (χ1n) is 9.60. The summed E-state index contributed by atoms with van der Waals surface area (Å²) in [5.74, 6) is 0.0201. The smallest absolute Gasteiger partial charge is 0.271 e. The van der Waals surface area contributed by atoms with E-state index in [9.17, 15) is 9.59 Å². The third-order valence-electron chi connectivity index (χ3n) is 4.86. The second-order valence-corrected chi connectivity index (χ2v) is 8.31. The normalized spacial score (nSPS) is 14.5. The molecular weight excluding hydrogens is 350 g/mol. The van der Waals surface area contributed by atoms with Gasteiger partial charge in [0.2, 0.25) is 5.91 Å². The van der Waals surface area contributed by atoms with Crippen LogP contribution < -0.4 is 10.7 Å². The zero-order valence-electron chi connectivity index (χ0n) is 16.9. The van der Waals surface area contributed by atoms with Crippen LogP contribution in [0.2, 0.25) is 0 Å². The summed E-state index contributed by atoms with van der Waals surface area (Å²) >= 11 is 0. The van der Waals surface area contributed by atoms with E-state index in [1.807, 2.05) is 55.5 Å². The average molecular weight is 377 g/mol.